The fraction of sp³-hybridized carbons (Fsp3) is 0.682. The molecule has 2 saturated heterocycles. The molecule has 0 aromatic heterocycles. The van der Waals surface area contributed by atoms with Gasteiger partial charge in [-0.3, -0.25) is 9.69 Å². The highest BCUT2D eigenvalue weighted by Gasteiger charge is 2.46. The van der Waals surface area contributed by atoms with Gasteiger partial charge in [0.25, 0.3) is 0 Å². The van der Waals surface area contributed by atoms with Gasteiger partial charge in [-0.25, -0.2) is 0 Å². The number of hydrogen-bond acceptors (Lipinski definition) is 4. The molecule has 2 saturated carbocycles. The Bertz CT molecular complexity index is 667. The number of rotatable bonds is 6. The van der Waals surface area contributed by atoms with Crippen molar-refractivity contribution in [3.63, 3.8) is 0 Å². The minimum absolute atomic E-state index is 0.0399. The summed E-state index contributed by atoms with van der Waals surface area (Å²) in [4.78, 5) is 14.3. The second-order valence-electron chi connectivity index (χ2n) is 9.04. The van der Waals surface area contributed by atoms with Crippen LogP contribution in [0.4, 0.5) is 0 Å². The summed E-state index contributed by atoms with van der Waals surface area (Å²) in [5.41, 5.74) is 1.50. The van der Waals surface area contributed by atoms with Crippen LogP contribution in [0.2, 0.25) is 0 Å². The van der Waals surface area contributed by atoms with Crippen molar-refractivity contribution in [3.8, 4) is 0 Å². The van der Waals surface area contributed by atoms with Gasteiger partial charge in [-0.2, -0.15) is 0 Å². The van der Waals surface area contributed by atoms with Gasteiger partial charge < -0.3 is 15.4 Å². The highest BCUT2D eigenvalue weighted by Crippen LogP contribution is 2.43. The molecule has 2 N–H and O–H groups in total. The maximum absolute atomic E-state index is 12.0. The van der Waals surface area contributed by atoms with E-state index in [-0.39, 0.29) is 11.5 Å². The molecule has 1 aromatic rings. The van der Waals surface area contributed by atoms with E-state index in [1.54, 1.807) is 0 Å². The lowest BCUT2D eigenvalue weighted by Gasteiger charge is -2.38. The Morgan fingerprint density at radius 3 is 2.67 bits per heavy atom. The zero-order chi connectivity index (χ0) is 18.3. The molecule has 4 fully saturated rings. The summed E-state index contributed by atoms with van der Waals surface area (Å²) in [5, 5.41) is 6.94. The van der Waals surface area contributed by atoms with Gasteiger partial charge in [0.2, 0.25) is 5.91 Å². The minimum atomic E-state index is 0.0399. The number of carbonyl (C=O) groups is 1. The quantitative estimate of drug-likeness (QED) is 0.806. The normalized spacial score (nSPS) is 32.5. The van der Waals surface area contributed by atoms with Crippen LogP contribution in [-0.2, 0) is 9.53 Å². The second-order valence-corrected chi connectivity index (χ2v) is 9.04. The number of nitrogens with one attached hydrogen (secondary N) is 2. The Kier molecular flexibility index (Phi) is 4.70. The van der Waals surface area contributed by atoms with Crippen molar-refractivity contribution in [2.75, 3.05) is 26.2 Å². The molecule has 146 valence electrons. The van der Waals surface area contributed by atoms with Crippen LogP contribution in [0.25, 0.3) is 0 Å². The van der Waals surface area contributed by atoms with Crippen LogP contribution >= 0.6 is 0 Å². The molecule has 1 aromatic carbocycles. The fourth-order valence-corrected chi connectivity index (χ4v) is 4.87. The Hall–Kier alpha value is -1.43. The van der Waals surface area contributed by atoms with Crippen LogP contribution in [0, 0.1) is 0 Å². The molecule has 1 amide bonds. The third kappa shape index (κ3) is 4.20. The van der Waals surface area contributed by atoms with E-state index in [2.05, 4.69) is 45.9 Å². The molecule has 4 aliphatic rings. The molecule has 1 spiro atoms. The lowest BCUT2D eigenvalue weighted by molar-refractivity contribution is -0.123. The number of likely N-dealkylation sites (tertiary alicyclic amines) is 1. The van der Waals surface area contributed by atoms with Crippen LogP contribution in [0.3, 0.4) is 0 Å². The van der Waals surface area contributed by atoms with Crippen molar-refractivity contribution < 1.29 is 9.53 Å². The molecule has 5 heteroatoms. The summed E-state index contributed by atoms with van der Waals surface area (Å²) in [6.45, 7) is 3.33. The third-order valence-electron chi connectivity index (χ3n) is 6.75. The van der Waals surface area contributed by atoms with E-state index in [9.17, 15) is 4.79 Å². The van der Waals surface area contributed by atoms with E-state index >= 15 is 0 Å². The van der Waals surface area contributed by atoms with E-state index in [1.165, 1.54) is 12.0 Å². The van der Waals surface area contributed by atoms with E-state index in [1.807, 2.05) is 0 Å². The highest BCUT2D eigenvalue weighted by atomic mass is 16.5. The van der Waals surface area contributed by atoms with E-state index in [4.69, 9.17) is 4.74 Å². The Morgan fingerprint density at radius 1 is 1.15 bits per heavy atom. The Balaban J connectivity index is 1.06. The van der Waals surface area contributed by atoms with Gasteiger partial charge in [-0.1, -0.05) is 30.3 Å². The minimum Gasteiger partial charge on any atom is -0.373 e. The van der Waals surface area contributed by atoms with Gasteiger partial charge in [-0.05, 0) is 44.1 Å². The van der Waals surface area contributed by atoms with Crippen molar-refractivity contribution in [1.82, 2.24) is 15.5 Å². The number of nitrogens with zero attached hydrogens (tertiary/aromatic N) is 1. The van der Waals surface area contributed by atoms with Crippen LogP contribution in [0.1, 0.15) is 50.0 Å². The molecule has 2 aliphatic carbocycles. The first kappa shape index (κ1) is 17.7. The number of ether oxygens (including phenoxy) is 1. The maximum Gasteiger partial charge on any atom is 0.234 e. The molecule has 27 heavy (non-hydrogen) atoms. The fourth-order valence-electron chi connectivity index (χ4n) is 4.87. The smallest absolute Gasteiger partial charge is 0.234 e. The lowest BCUT2D eigenvalue weighted by atomic mass is 9.87. The largest absolute Gasteiger partial charge is 0.373 e. The van der Waals surface area contributed by atoms with Crippen molar-refractivity contribution in [1.29, 1.82) is 0 Å². The van der Waals surface area contributed by atoms with Gasteiger partial charge in [0.05, 0.1) is 18.8 Å². The SMILES string of the molecule is O=C(CN1CCC2(CC1)C[C@H](N[C@@H]1C[C@H]1c1ccccc1)CO2)NC1CC1. The molecule has 0 bridgehead atoms. The molecule has 5 nitrogen and oxygen atoms in total. The number of carbonyl (C=O) groups excluding carboxylic acids is 1. The molecule has 2 aliphatic heterocycles. The van der Waals surface area contributed by atoms with E-state index in [0.29, 0.717) is 30.6 Å². The molecule has 3 atom stereocenters. The van der Waals surface area contributed by atoms with Gasteiger partial charge in [0, 0.05) is 37.1 Å². The second kappa shape index (κ2) is 7.19. The van der Waals surface area contributed by atoms with Gasteiger partial charge in [0.15, 0.2) is 0 Å². The molecule has 0 unspecified atom stereocenters. The van der Waals surface area contributed by atoms with Gasteiger partial charge in [-0.15, -0.1) is 0 Å². The van der Waals surface area contributed by atoms with E-state index < -0.39 is 0 Å². The summed E-state index contributed by atoms with van der Waals surface area (Å²) in [6, 6.07) is 12.4. The summed E-state index contributed by atoms with van der Waals surface area (Å²) < 4.78 is 6.30. The van der Waals surface area contributed by atoms with Crippen molar-refractivity contribution in [3.05, 3.63) is 35.9 Å². The van der Waals surface area contributed by atoms with Crippen LogP contribution in [0.5, 0.6) is 0 Å². The molecule has 5 rings (SSSR count). The Labute approximate surface area is 161 Å². The Morgan fingerprint density at radius 2 is 1.93 bits per heavy atom. The van der Waals surface area contributed by atoms with Crippen LogP contribution < -0.4 is 10.6 Å². The summed E-state index contributed by atoms with van der Waals surface area (Å²) in [7, 11) is 0. The first-order valence-corrected chi connectivity index (χ1v) is 10.7. The average molecular weight is 370 g/mol. The number of amides is 1. The molecule has 0 radical (unpaired) electrons. The predicted molar refractivity (Wildman–Crippen MR) is 105 cm³/mol. The zero-order valence-corrected chi connectivity index (χ0v) is 16.0. The van der Waals surface area contributed by atoms with Crippen LogP contribution in [-0.4, -0.2) is 60.8 Å². The number of piperidine rings is 1. The van der Waals surface area contributed by atoms with Crippen LogP contribution in [0.15, 0.2) is 30.3 Å². The van der Waals surface area contributed by atoms with E-state index in [0.717, 1.165) is 51.8 Å². The van der Waals surface area contributed by atoms with Gasteiger partial charge >= 0.3 is 0 Å². The summed E-state index contributed by atoms with van der Waals surface area (Å²) >= 11 is 0. The topological polar surface area (TPSA) is 53.6 Å². The zero-order valence-electron chi connectivity index (χ0n) is 16.0. The molecular formula is C22H31N3O2. The monoisotopic (exact) mass is 369 g/mol. The van der Waals surface area contributed by atoms with Crippen molar-refractivity contribution >= 4 is 5.91 Å². The number of hydrogen-bond donors (Lipinski definition) is 2. The van der Waals surface area contributed by atoms with Crippen molar-refractivity contribution in [2.45, 2.75) is 68.2 Å². The van der Waals surface area contributed by atoms with Crippen molar-refractivity contribution in [2.24, 2.45) is 0 Å². The first-order chi connectivity index (χ1) is 13.2. The van der Waals surface area contributed by atoms with Gasteiger partial charge in [0.1, 0.15) is 0 Å². The lowest BCUT2D eigenvalue weighted by Crippen LogP contribution is -2.48. The highest BCUT2D eigenvalue weighted by molar-refractivity contribution is 5.78. The molecule has 2 heterocycles. The third-order valence-corrected chi connectivity index (χ3v) is 6.75. The predicted octanol–water partition coefficient (Wildman–Crippen LogP) is 2.03. The maximum atomic E-state index is 12.0. The molecular weight excluding hydrogens is 338 g/mol. The first-order valence-electron chi connectivity index (χ1n) is 10.7. The summed E-state index contributed by atoms with van der Waals surface area (Å²) in [5.74, 6) is 0.871. The standard InChI is InChI=1S/C22H31N3O2/c26-21(24-17-6-7-17)14-25-10-8-22(9-11-25)13-18(15-27-22)23-20-12-19(20)16-4-2-1-3-5-16/h1-5,17-20,23H,6-15H2,(H,24,26)/t18-,19-,20+/m0/s1. The average Bonchev–Trinajstić information content (AvgIpc) is 3.59. The summed E-state index contributed by atoms with van der Waals surface area (Å²) in [6.07, 6.45) is 6.78. The number of benzene rings is 1.